The molecule has 4 nitrogen and oxygen atoms in total. The molecule has 58 valence electrons. The third-order valence-corrected chi connectivity index (χ3v) is 2.35. The zero-order valence-corrected chi connectivity index (χ0v) is 6.43. The minimum Gasteiger partial charge on any atom is -0.323 e. The molecule has 1 atom stereocenters. The Morgan fingerprint density at radius 2 is 2.45 bits per heavy atom. The van der Waals surface area contributed by atoms with Gasteiger partial charge in [0.05, 0.1) is 0 Å². The van der Waals surface area contributed by atoms with E-state index in [4.69, 9.17) is 0 Å². The van der Waals surface area contributed by atoms with Gasteiger partial charge in [-0.25, -0.2) is 0 Å². The molecule has 0 radical (unpaired) electrons. The van der Waals surface area contributed by atoms with E-state index in [1.54, 1.807) is 4.90 Å². The van der Waals surface area contributed by atoms with Crippen molar-refractivity contribution in [2.75, 3.05) is 6.54 Å². The Morgan fingerprint density at radius 3 is 3.27 bits per heavy atom. The molecule has 1 unspecified atom stereocenters. The molecule has 2 rings (SSSR count). The summed E-state index contributed by atoms with van der Waals surface area (Å²) in [5.74, 6) is 0. The minimum atomic E-state index is -0.261. The maximum Gasteiger partial charge on any atom is 0.293 e. The van der Waals surface area contributed by atoms with Crippen LogP contribution in [0, 0.1) is 0 Å². The molecular formula is C6H6N2O2S. The van der Waals surface area contributed by atoms with Gasteiger partial charge in [-0.2, -0.15) is 0 Å². The second kappa shape index (κ2) is 2.27. The van der Waals surface area contributed by atoms with Crippen LogP contribution in [0.4, 0.5) is 9.59 Å². The van der Waals surface area contributed by atoms with Crippen LogP contribution in [0.15, 0.2) is 12.2 Å². The van der Waals surface area contributed by atoms with Crippen molar-refractivity contribution in [1.29, 1.82) is 0 Å². The summed E-state index contributed by atoms with van der Waals surface area (Å²) < 4.78 is 0. The largest absolute Gasteiger partial charge is 0.323 e. The van der Waals surface area contributed by atoms with E-state index < -0.39 is 0 Å². The van der Waals surface area contributed by atoms with Crippen molar-refractivity contribution in [2.45, 2.75) is 6.17 Å². The van der Waals surface area contributed by atoms with Gasteiger partial charge in [0.15, 0.2) is 0 Å². The van der Waals surface area contributed by atoms with Crippen LogP contribution in [0.25, 0.3) is 0 Å². The van der Waals surface area contributed by atoms with Crippen LogP contribution in [0.1, 0.15) is 0 Å². The highest BCUT2D eigenvalue weighted by Crippen LogP contribution is 2.21. The molecule has 0 saturated carbocycles. The first-order valence-corrected chi connectivity index (χ1v) is 4.04. The first kappa shape index (κ1) is 6.72. The van der Waals surface area contributed by atoms with Gasteiger partial charge in [0.1, 0.15) is 6.17 Å². The number of fused-ring (bicyclic) bond motifs is 1. The van der Waals surface area contributed by atoms with Crippen LogP contribution in [0.2, 0.25) is 0 Å². The molecule has 1 fully saturated rings. The van der Waals surface area contributed by atoms with Crippen molar-refractivity contribution >= 4 is 22.2 Å². The van der Waals surface area contributed by atoms with E-state index in [0.717, 1.165) is 0 Å². The van der Waals surface area contributed by atoms with Gasteiger partial charge in [-0.15, -0.1) is 0 Å². The highest BCUT2D eigenvalue weighted by Gasteiger charge is 2.32. The van der Waals surface area contributed by atoms with Crippen LogP contribution in [-0.4, -0.2) is 28.1 Å². The average Bonchev–Trinajstić information content (AvgIpc) is 2.34. The molecule has 2 aliphatic heterocycles. The van der Waals surface area contributed by atoms with Crippen molar-refractivity contribution in [3.8, 4) is 0 Å². The zero-order chi connectivity index (χ0) is 7.84. The normalized spacial score (nSPS) is 28.7. The van der Waals surface area contributed by atoms with Crippen LogP contribution >= 0.6 is 11.8 Å². The Hall–Kier alpha value is -0.970. The lowest BCUT2D eigenvalue weighted by Gasteiger charge is -2.28. The molecule has 1 N–H and O–H groups in total. The summed E-state index contributed by atoms with van der Waals surface area (Å²) in [6, 6.07) is 0. The molecule has 0 aliphatic carbocycles. The van der Waals surface area contributed by atoms with Crippen LogP contribution in [-0.2, 0) is 0 Å². The number of hydrogen-bond donors (Lipinski definition) is 1. The number of amides is 2. The summed E-state index contributed by atoms with van der Waals surface area (Å²) >= 11 is 0.715. The smallest absolute Gasteiger partial charge is 0.293 e. The lowest BCUT2D eigenvalue weighted by atomic mass is 10.5. The molecule has 5 heteroatoms. The maximum absolute atomic E-state index is 11.1. The quantitative estimate of drug-likeness (QED) is 0.546. The summed E-state index contributed by atoms with van der Waals surface area (Å²) in [5, 5.41) is 2.23. The number of carbonyl (C=O) groups is 2. The predicted octanol–water partition coefficient (Wildman–Crippen LogP) is 0.761. The summed E-state index contributed by atoms with van der Waals surface area (Å²) in [7, 11) is 0. The van der Waals surface area contributed by atoms with Crippen molar-refractivity contribution < 1.29 is 9.59 Å². The fourth-order valence-corrected chi connectivity index (χ4v) is 1.77. The van der Waals surface area contributed by atoms with E-state index in [1.165, 1.54) is 0 Å². The maximum atomic E-state index is 11.1. The SMILES string of the molecule is O=C1NC2C=CCN2C(=O)S1. The molecule has 0 aromatic heterocycles. The van der Waals surface area contributed by atoms with Gasteiger partial charge in [-0.1, -0.05) is 6.08 Å². The molecule has 2 heterocycles. The summed E-state index contributed by atoms with van der Waals surface area (Å²) in [6.45, 7) is 0.608. The van der Waals surface area contributed by atoms with E-state index in [-0.39, 0.29) is 16.6 Å². The number of nitrogens with one attached hydrogen (secondary N) is 1. The number of rotatable bonds is 0. The monoisotopic (exact) mass is 170 g/mol. The van der Waals surface area contributed by atoms with Crippen LogP contribution < -0.4 is 5.32 Å². The summed E-state index contributed by atoms with van der Waals surface area (Å²) in [6.07, 6.45) is 3.49. The second-order valence-corrected chi connectivity index (χ2v) is 3.25. The first-order chi connectivity index (χ1) is 5.27. The van der Waals surface area contributed by atoms with Crippen LogP contribution in [0.3, 0.4) is 0 Å². The van der Waals surface area contributed by atoms with Gasteiger partial charge in [-0.3, -0.25) is 9.59 Å². The topological polar surface area (TPSA) is 49.4 Å². The zero-order valence-electron chi connectivity index (χ0n) is 5.61. The Balaban J connectivity index is 2.20. The van der Waals surface area contributed by atoms with E-state index in [0.29, 0.717) is 18.3 Å². The van der Waals surface area contributed by atoms with E-state index >= 15 is 0 Å². The van der Waals surface area contributed by atoms with Gasteiger partial charge in [-0.05, 0) is 6.08 Å². The number of thioether (sulfide) groups is 1. The van der Waals surface area contributed by atoms with Gasteiger partial charge in [0.25, 0.3) is 10.5 Å². The number of carbonyl (C=O) groups excluding carboxylic acids is 2. The van der Waals surface area contributed by atoms with Crippen molar-refractivity contribution in [3.05, 3.63) is 12.2 Å². The summed E-state index contributed by atoms with van der Waals surface area (Å²) in [4.78, 5) is 23.5. The van der Waals surface area contributed by atoms with Crippen molar-refractivity contribution in [1.82, 2.24) is 10.2 Å². The molecule has 0 aromatic rings. The second-order valence-electron chi connectivity index (χ2n) is 2.33. The molecule has 0 aromatic carbocycles. The average molecular weight is 170 g/mol. The highest BCUT2D eigenvalue weighted by atomic mass is 32.2. The molecule has 2 amide bonds. The van der Waals surface area contributed by atoms with E-state index in [2.05, 4.69) is 5.32 Å². The molecule has 11 heavy (non-hydrogen) atoms. The van der Waals surface area contributed by atoms with Crippen molar-refractivity contribution in [2.24, 2.45) is 0 Å². The Kier molecular flexibility index (Phi) is 1.38. The Morgan fingerprint density at radius 1 is 1.64 bits per heavy atom. The predicted molar refractivity (Wildman–Crippen MR) is 41.2 cm³/mol. The van der Waals surface area contributed by atoms with Gasteiger partial charge in [0, 0.05) is 18.3 Å². The Bertz CT molecular complexity index is 251. The molecule has 0 bridgehead atoms. The third-order valence-electron chi connectivity index (χ3n) is 1.64. The molecule has 0 spiro atoms. The summed E-state index contributed by atoms with van der Waals surface area (Å²) in [5.41, 5.74) is 0. The lowest BCUT2D eigenvalue weighted by molar-refractivity contribution is 0.209. The number of nitrogens with zero attached hydrogens (tertiary/aromatic N) is 1. The van der Waals surface area contributed by atoms with Gasteiger partial charge < -0.3 is 10.2 Å². The standard InChI is InChI=1S/C6H6N2O2S/c9-5-7-4-2-1-3-8(4)6(10)11-5/h1-2,4H,3H2,(H,7,9). The molecule has 1 saturated heterocycles. The molecule has 2 aliphatic rings. The lowest BCUT2D eigenvalue weighted by Crippen LogP contribution is -2.49. The highest BCUT2D eigenvalue weighted by molar-refractivity contribution is 8.26. The van der Waals surface area contributed by atoms with Gasteiger partial charge >= 0.3 is 0 Å². The number of hydrogen-bond acceptors (Lipinski definition) is 3. The van der Waals surface area contributed by atoms with E-state index in [9.17, 15) is 9.59 Å². The third kappa shape index (κ3) is 1.01. The Labute approximate surface area is 67.6 Å². The van der Waals surface area contributed by atoms with Crippen LogP contribution in [0.5, 0.6) is 0 Å². The first-order valence-electron chi connectivity index (χ1n) is 3.23. The fourth-order valence-electron chi connectivity index (χ4n) is 1.12. The van der Waals surface area contributed by atoms with E-state index in [1.807, 2.05) is 12.2 Å². The fraction of sp³-hybridized carbons (Fsp3) is 0.333. The van der Waals surface area contributed by atoms with Gasteiger partial charge in [0.2, 0.25) is 0 Å². The molecular weight excluding hydrogens is 164 g/mol. The minimum absolute atomic E-state index is 0.163. The van der Waals surface area contributed by atoms with Crippen molar-refractivity contribution in [3.63, 3.8) is 0 Å².